The number of hydrogen-bond acceptors (Lipinski definition) is 3. The van der Waals surface area contributed by atoms with Gasteiger partial charge in [0.2, 0.25) is 0 Å². The van der Waals surface area contributed by atoms with Crippen LogP contribution in [0, 0.1) is 0 Å². The smallest absolute Gasteiger partial charge is 0.121 e. The van der Waals surface area contributed by atoms with Crippen molar-refractivity contribution in [3.05, 3.63) is 59.2 Å². The van der Waals surface area contributed by atoms with Crippen LogP contribution >= 0.6 is 0 Å². The lowest BCUT2D eigenvalue weighted by Gasteiger charge is -2.14. The molecule has 0 saturated carbocycles. The van der Waals surface area contributed by atoms with Gasteiger partial charge < -0.3 is 15.5 Å². The molecule has 0 aromatic heterocycles. The zero-order valence-corrected chi connectivity index (χ0v) is 9.22. The molecular formula is C14H13NO2. The lowest BCUT2D eigenvalue weighted by Crippen LogP contribution is -2.13. The number of benzene rings is 2. The Hall–Kier alpha value is -2.00. The average Bonchev–Trinajstić information content (AvgIpc) is 2.74. The Balaban J connectivity index is 2.09. The predicted octanol–water partition coefficient (Wildman–Crippen LogP) is 2.29. The zero-order valence-electron chi connectivity index (χ0n) is 9.22. The standard InChI is InChI=1S/C14H13NO2/c16-11-5-1-3-9(7-11)14-13-10(8-15-14)4-2-6-12(13)17/h1-7,14-17H,8H2. The molecule has 0 saturated heterocycles. The summed E-state index contributed by atoms with van der Waals surface area (Å²) in [5.74, 6) is 0.550. The molecule has 17 heavy (non-hydrogen) atoms. The normalized spacial score (nSPS) is 18.0. The quantitative estimate of drug-likeness (QED) is 0.700. The molecule has 0 bridgehead atoms. The van der Waals surface area contributed by atoms with Gasteiger partial charge in [-0.2, -0.15) is 0 Å². The first-order valence-electron chi connectivity index (χ1n) is 5.59. The van der Waals surface area contributed by atoms with Gasteiger partial charge in [-0.15, -0.1) is 0 Å². The maximum absolute atomic E-state index is 9.93. The van der Waals surface area contributed by atoms with E-state index in [2.05, 4.69) is 5.32 Å². The predicted molar refractivity (Wildman–Crippen MR) is 64.9 cm³/mol. The minimum absolute atomic E-state index is 0.0432. The molecule has 0 radical (unpaired) electrons. The largest absolute Gasteiger partial charge is 0.508 e. The van der Waals surface area contributed by atoms with Crippen LogP contribution in [0.3, 0.4) is 0 Å². The maximum atomic E-state index is 9.93. The number of rotatable bonds is 1. The molecule has 0 amide bonds. The molecule has 1 aliphatic heterocycles. The molecule has 86 valence electrons. The van der Waals surface area contributed by atoms with Crippen molar-refractivity contribution >= 4 is 0 Å². The number of phenolic OH excluding ortho intramolecular Hbond substituents is 2. The van der Waals surface area contributed by atoms with Crippen LogP contribution < -0.4 is 5.32 Å². The molecule has 0 fully saturated rings. The first kappa shape index (κ1) is 10.2. The highest BCUT2D eigenvalue weighted by Crippen LogP contribution is 2.37. The van der Waals surface area contributed by atoms with Gasteiger partial charge in [-0.1, -0.05) is 24.3 Å². The molecule has 2 aromatic carbocycles. The van der Waals surface area contributed by atoms with Gasteiger partial charge in [0.25, 0.3) is 0 Å². The number of phenols is 2. The van der Waals surface area contributed by atoms with Crippen LogP contribution in [0.2, 0.25) is 0 Å². The van der Waals surface area contributed by atoms with Crippen LogP contribution in [0.1, 0.15) is 22.7 Å². The molecular weight excluding hydrogens is 214 g/mol. The van der Waals surface area contributed by atoms with Crippen molar-refractivity contribution in [3.8, 4) is 11.5 Å². The Bertz CT molecular complexity index is 566. The topological polar surface area (TPSA) is 52.5 Å². The first-order valence-corrected chi connectivity index (χ1v) is 5.59. The van der Waals surface area contributed by atoms with Gasteiger partial charge in [0, 0.05) is 12.1 Å². The fraction of sp³-hybridized carbons (Fsp3) is 0.143. The molecule has 2 aromatic rings. The van der Waals surface area contributed by atoms with E-state index in [0.29, 0.717) is 5.75 Å². The van der Waals surface area contributed by atoms with E-state index in [1.54, 1.807) is 18.2 Å². The van der Waals surface area contributed by atoms with Crippen molar-refractivity contribution in [1.29, 1.82) is 0 Å². The second-order valence-corrected chi connectivity index (χ2v) is 4.26. The SMILES string of the molecule is Oc1cccc(C2NCc3cccc(O)c32)c1. The van der Waals surface area contributed by atoms with E-state index in [-0.39, 0.29) is 11.8 Å². The third-order valence-corrected chi connectivity index (χ3v) is 3.16. The Morgan fingerprint density at radius 3 is 2.71 bits per heavy atom. The molecule has 1 atom stereocenters. The Morgan fingerprint density at radius 1 is 1.06 bits per heavy atom. The number of aromatic hydroxyl groups is 2. The molecule has 1 heterocycles. The van der Waals surface area contributed by atoms with E-state index in [1.165, 1.54) is 0 Å². The van der Waals surface area contributed by atoms with Gasteiger partial charge in [-0.3, -0.25) is 0 Å². The molecule has 1 aliphatic rings. The summed E-state index contributed by atoms with van der Waals surface area (Å²) in [6, 6.07) is 12.6. The monoisotopic (exact) mass is 227 g/mol. The van der Waals surface area contributed by atoms with E-state index in [4.69, 9.17) is 0 Å². The highest BCUT2D eigenvalue weighted by molar-refractivity contribution is 5.49. The van der Waals surface area contributed by atoms with E-state index in [9.17, 15) is 10.2 Å². The van der Waals surface area contributed by atoms with Crippen LogP contribution in [0.25, 0.3) is 0 Å². The number of hydrogen-bond donors (Lipinski definition) is 3. The van der Waals surface area contributed by atoms with Crippen molar-refractivity contribution in [2.45, 2.75) is 12.6 Å². The minimum Gasteiger partial charge on any atom is -0.508 e. The van der Waals surface area contributed by atoms with Gasteiger partial charge in [0.1, 0.15) is 11.5 Å². The number of fused-ring (bicyclic) bond motifs is 1. The molecule has 1 unspecified atom stereocenters. The van der Waals surface area contributed by atoms with E-state index in [1.807, 2.05) is 24.3 Å². The van der Waals surface area contributed by atoms with Crippen molar-refractivity contribution in [2.24, 2.45) is 0 Å². The Kier molecular flexibility index (Phi) is 2.27. The third kappa shape index (κ3) is 1.65. The summed E-state index contributed by atoms with van der Waals surface area (Å²) in [7, 11) is 0. The molecule has 3 heteroatoms. The lowest BCUT2D eigenvalue weighted by atomic mass is 9.97. The fourth-order valence-corrected chi connectivity index (χ4v) is 2.39. The zero-order chi connectivity index (χ0) is 11.8. The summed E-state index contributed by atoms with van der Waals surface area (Å²) in [5, 5.41) is 22.8. The van der Waals surface area contributed by atoms with Crippen LogP contribution in [0.5, 0.6) is 11.5 Å². The Labute approximate surface area is 99.4 Å². The maximum Gasteiger partial charge on any atom is 0.121 e. The van der Waals surface area contributed by atoms with Crippen molar-refractivity contribution in [2.75, 3.05) is 0 Å². The van der Waals surface area contributed by atoms with Crippen molar-refractivity contribution in [1.82, 2.24) is 5.32 Å². The summed E-state index contributed by atoms with van der Waals surface area (Å²) in [6.07, 6.45) is 0. The summed E-state index contributed by atoms with van der Waals surface area (Å²) < 4.78 is 0. The van der Waals surface area contributed by atoms with Crippen LogP contribution in [-0.4, -0.2) is 10.2 Å². The van der Waals surface area contributed by atoms with E-state index >= 15 is 0 Å². The van der Waals surface area contributed by atoms with Crippen LogP contribution in [-0.2, 0) is 6.54 Å². The second-order valence-electron chi connectivity index (χ2n) is 4.26. The summed E-state index contributed by atoms with van der Waals surface area (Å²) in [6.45, 7) is 0.740. The molecule has 3 nitrogen and oxygen atoms in total. The van der Waals surface area contributed by atoms with Crippen molar-refractivity contribution < 1.29 is 10.2 Å². The van der Waals surface area contributed by atoms with Gasteiger partial charge in [-0.05, 0) is 29.3 Å². The van der Waals surface area contributed by atoms with Gasteiger partial charge in [-0.25, -0.2) is 0 Å². The number of nitrogens with one attached hydrogen (secondary N) is 1. The van der Waals surface area contributed by atoms with Crippen LogP contribution in [0.15, 0.2) is 42.5 Å². The minimum atomic E-state index is -0.0432. The third-order valence-electron chi connectivity index (χ3n) is 3.16. The average molecular weight is 227 g/mol. The van der Waals surface area contributed by atoms with Crippen LogP contribution in [0.4, 0.5) is 0 Å². The van der Waals surface area contributed by atoms with E-state index < -0.39 is 0 Å². The second kappa shape index (κ2) is 3.79. The van der Waals surface area contributed by atoms with Crippen molar-refractivity contribution in [3.63, 3.8) is 0 Å². The van der Waals surface area contributed by atoms with Gasteiger partial charge in [0.05, 0.1) is 6.04 Å². The highest BCUT2D eigenvalue weighted by atomic mass is 16.3. The fourth-order valence-electron chi connectivity index (χ4n) is 2.39. The molecule has 3 rings (SSSR count). The molecule has 0 aliphatic carbocycles. The van der Waals surface area contributed by atoms with Gasteiger partial charge >= 0.3 is 0 Å². The Morgan fingerprint density at radius 2 is 1.88 bits per heavy atom. The summed E-state index contributed by atoms with van der Waals surface area (Å²) in [4.78, 5) is 0. The lowest BCUT2D eigenvalue weighted by molar-refractivity contribution is 0.462. The van der Waals surface area contributed by atoms with Gasteiger partial charge in [0.15, 0.2) is 0 Å². The molecule has 0 spiro atoms. The first-order chi connectivity index (χ1) is 8.25. The molecule has 3 N–H and O–H groups in total. The summed E-state index contributed by atoms with van der Waals surface area (Å²) in [5.41, 5.74) is 2.99. The highest BCUT2D eigenvalue weighted by Gasteiger charge is 2.26. The van der Waals surface area contributed by atoms with E-state index in [0.717, 1.165) is 23.2 Å². The summed E-state index contributed by atoms with van der Waals surface area (Å²) >= 11 is 0.